The van der Waals surface area contributed by atoms with Gasteiger partial charge in [-0.1, -0.05) is 91.0 Å². The molecule has 26 heavy (non-hydrogen) atoms. The number of nitrogens with zero attached hydrogens (tertiary/aromatic N) is 1. The summed E-state index contributed by atoms with van der Waals surface area (Å²) >= 11 is 0. The molecule has 0 bridgehead atoms. The summed E-state index contributed by atoms with van der Waals surface area (Å²) in [7, 11) is 1.45. The van der Waals surface area contributed by atoms with Gasteiger partial charge in [0.15, 0.2) is 0 Å². The van der Waals surface area contributed by atoms with Gasteiger partial charge in [-0.3, -0.25) is 4.90 Å². The number of ether oxygens (including phenoxy) is 1. The first-order valence-corrected chi connectivity index (χ1v) is 8.72. The van der Waals surface area contributed by atoms with Crippen LogP contribution in [-0.4, -0.2) is 18.0 Å². The molecule has 3 rings (SSSR count). The maximum Gasteiger partial charge on any atom is 0.327 e. The molecule has 0 spiro atoms. The van der Waals surface area contributed by atoms with Gasteiger partial charge >= 0.3 is 5.97 Å². The lowest BCUT2D eigenvalue weighted by atomic mass is 10.0. The zero-order valence-electron chi connectivity index (χ0n) is 14.9. The van der Waals surface area contributed by atoms with E-state index in [-0.39, 0.29) is 5.97 Å². The van der Waals surface area contributed by atoms with Crippen molar-refractivity contribution < 1.29 is 9.53 Å². The molecule has 0 amide bonds. The lowest BCUT2D eigenvalue weighted by Crippen LogP contribution is -2.34. The average molecular weight is 345 g/mol. The molecule has 3 aromatic carbocycles. The van der Waals surface area contributed by atoms with Gasteiger partial charge in [-0.15, -0.1) is 0 Å². The van der Waals surface area contributed by atoms with Crippen LogP contribution >= 0.6 is 0 Å². The van der Waals surface area contributed by atoms with Crippen LogP contribution in [0.5, 0.6) is 0 Å². The van der Waals surface area contributed by atoms with Gasteiger partial charge in [0.1, 0.15) is 6.04 Å². The molecule has 0 aliphatic heterocycles. The molecule has 3 aromatic rings. The zero-order valence-corrected chi connectivity index (χ0v) is 14.9. The molecule has 1 atom stereocenters. The van der Waals surface area contributed by atoms with Crippen LogP contribution in [0.15, 0.2) is 91.0 Å². The Morgan fingerprint density at radius 1 is 0.769 bits per heavy atom. The first-order valence-electron chi connectivity index (χ1n) is 8.72. The summed E-state index contributed by atoms with van der Waals surface area (Å²) in [6.45, 7) is 1.31. The van der Waals surface area contributed by atoms with E-state index in [1.807, 2.05) is 66.7 Å². The highest BCUT2D eigenvalue weighted by atomic mass is 16.5. The third-order valence-corrected chi connectivity index (χ3v) is 4.36. The van der Waals surface area contributed by atoms with E-state index in [1.165, 1.54) is 7.11 Å². The van der Waals surface area contributed by atoms with Gasteiger partial charge in [0.25, 0.3) is 0 Å². The molecule has 0 N–H and O–H groups in total. The SMILES string of the molecule is COC(=O)[C@@H](c1ccccc1)N(Cc1ccccc1)Cc1ccccc1. The average Bonchev–Trinajstić information content (AvgIpc) is 2.70. The fourth-order valence-electron chi connectivity index (χ4n) is 3.12. The van der Waals surface area contributed by atoms with E-state index in [4.69, 9.17) is 4.74 Å². The molecule has 0 aromatic heterocycles. The lowest BCUT2D eigenvalue weighted by molar-refractivity contribution is -0.148. The van der Waals surface area contributed by atoms with Crippen LogP contribution in [0.2, 0.25) is 0 Å². The van der Waals surface area contributed by atoms with Crippen molar-refractivity contribution in [3.8, 4) is 0 Å². The molecule has 3 nitrogen and oxygen atoms in total. The number of hydrogen-bond acceptors (Lipinski definition) is 3. The topological polar surface area (TPSA) is 29.5 Å². The molecule has 0 unspecified atom stereocenters. The highest BCUT2D eigenvalue weighted by Crippen LogP contribution is 2.26. The molecular weight excluding hydrogens is 322 g/mol. The van der Waals surface area contributed by atoms with Crippen molar-refractivity contribution in [1.29, 1.82) is 0 Å². The van der Waals surface area contributed by atoms with Gasteiger partial charge in [0, 0.05) is 13.1 Å². The second-order valence-electron chi connectivity index (χ2n) is 6.21. The van der Waals surface area contributed by atoms with Crippen LogP contribution in [0.1, 0.15) is 22.7 Å². The number of rotatable bonds is 7. The summed E-state index contributed by atoms with van der Waals surface area (Å²) in [5, 5.41) is 0. The zero-order chi connectivity index (χ0) is 18.2. The quantitative estimate of drug-likeness (QED) is 0.586. The smallest absolute Gasteiger partial charge is 0.327 e. The Hall–Kier alpha value is -2.91. The normalized spacial score (nSPS) is 11.9. The van der Waals surface area contributed by atoms with Gasteiger partial charge in [-0.05, 0) is 16.7 Å². The molecule has 0 heterocycles. The Bertz CT molecular complexity index is 762. The number of benzene rings is 3. The fourth-order valence-corrected chi connectivity index (χ4v) is 3.12. The number of carbonyl (C=O) groups excluding carboxylic acids is 1. The van der Waals surface area contributed by atoms with E-state index in [1.54, 1.807) is 0 Å². The van der Waals surface area contributed by atoms with Crippen molar-refractivity contribution in [1.82, 2.24) is 4.90 Å². The predicted octanol–water partition coefficient (Wildman–Crippen LogP) is 4.60. The highest BCUT2D eigenvalue weighted by Gasteiger charge is 2.28. The number of esters is 1. The van der Waals surface area contributed by atoms with E-state index in [0.29, 0.717) is 13.1 Å². The fraction of sp³-hybridized carbons (Fsp3) is 0.174. The van der Waals surface area contributed by atoms with Crippen LogP contribution in [0.4, 0.5) is 0 Å². The number of carbonyl (C=O) groups is 1. The molecule has 3 heteroatoms. The Balaban J connectivity index is 1.96. The summed E-state index contributed by atoms with van der Waals surface area (Å²) in [5.41, 5.74) is 3.26. The molecule has 0 saturated carbocycles. The van der Waals surface area contributed by atoms with Gasteiger partial charge in [0.05, 0.1) is 7.11 Å². The van der Waals surface area contributed by atoms with Crippen molar-refractivity contribution in [3.63, 3.8) is 0 Å². The second-order valence-corrected chi connectivity index (χ2v) is 6.21. The third kappa shape index (κ3) is 4.58. The lowest BCUT2D eigenvalue weighted by Gasteiger charge is -2.30. The minimum atomic E-state index is -0.457. The van der Waals surface area contributed by atoms with Crippen molar-refractivity contribution in [2.75, 3.05) is 7.11 Å². The predicted molar refractivity (Wildman–Crippen MR) is 103 cm³/mol. The minimum absolute atomic E-state index is 0.247. The largest absolute Gasteiger partial charge is 0.468 e. The molecule has 0 aliphatic carbocycles. The van der Waals surface area contributed by atoms with Crippen molar-refractivity contribution in [2.45, 2.75) is 19.1 Å². The molecule has 0 radical (unpaired) electrons. The highest BCUT2D eigenvalue weighted by molar-refractivity contribution is 5.77. The Labute approximate surface area is 154 Å². The van der Waals surface area contributed by atoms with Crippen LogP contribution in [0.3, 0.4) is 0 Å². The second kappa shape index (κ2) is 8.97. The molecule has 0 aliphatic rings. The van der Waals surface area contributed by atoms with E-state index < -0.39 is 6.04 Å². The van der Waals surface area contributed by atoms with Gasteiger partial charge in [0.2, 0.25) is 0 Å². The van der Waals surface area contributed by atoms with Crippen LogP contribution < -0.4 is 0 Å². The monoisotopic (exact) mass is 345 g/mol. The van der Waals surface area contributed by atoms with Gasteiger partial charge in [-0.25, -0.2) is 4.79 Å². The van der Waals surface area contributed by atoms with Gasteiger partial charge in [-0.2, -0.15) is 0 Å². The minimum Gasteiger partial charge on any atom is -0.468 e. The van der Waals surface area contributed by atoms with Crippen molar-refractivity contribution in [3.05, 3.63) is 108 Å². The maximum atomic E-state index is 12.7. The molecule has 132 valence electrons. The Morgan fingerprint density at radius 3 is 1.62 bits per heavy atom. The molecule has 0 fully saturated rings. The first-order chi connectivity index (χ1) is 12.8. The number of methoxy groups -OCH3 is 1. The summed E-state index contributed by atoms with van der Waals surface area (Å²) in [4.78, 5) is 14.8. The summed E-state index contributed by atoms with van der Waals surface area (Å²) in [6.07, 6.45) is 0. The van der Waals surface area contributed by atoms with Crippen molar-refractivity contribution >= 4 is 5.97 Å². The van der Waals surface area contributed by atoms with Crippen LogP contribution in [0.25, 0.3) is 0 Å². The van der Waals surface area contributed by atoms with Crippen LogP contribution in [-0.2, 0) is 22.6 Å². The maximum absolute atomic E-state index is 12.7. The Kier molecular flexibility index (Phi) is 6.18. The van der Waals surface area contributed by atoms with Crippen molar-refractivity contribution in [2.24, 2.45) is 0 Å². The summed E-state index contributed by atoms with van der Waals surface area (Å²) < 4.78 is 5.14. The van der Waals surface area contributed by atoms with E-state index in [0.717, 1.165) is 16.7 Å². The third-order valence-electron chi connectivity index (χ3n) is 4.36. The standard InChI is InChI=1S/C23H23NO2/c1-26-23(25)22(21-15-9-4-10-16-21)24(17-19-11-5-2-6-12-19)18-20-13-7-3-8-14-20/h2-16,22H,17-18H2,1H3/t22-/m1/s1. The van der Waals surface area contributed by atoms with Gasteiger partial charge < -0.3 is 4.74 Å². The Morgan fingerprint density at radius 2 is 1.19 bits per heavy atom. The van der Waals surface area contributed by atoms with E-state index in [9.17, 15) is 4.79 Å². The summed E-state index contributed by atoms with van der Waals surface area (Å²) in [6, 6.07) is 29.8. The van der Waals surface area contributed by atoms with E-state index in [2.05, 4.69) is 29.2 Å². The number of hydrogen-bond donors (Lipinski definition) is 0. The molecular formula is C23H23NO2. The summed E-state index contributed by atoms with van der Waals surface area (Å²) in [5.74, 6) is -0.247. The van der Waals surface area contributed by atoms with E-state index >= 15 is 0 Å². The first kappa shape index (κ1) is 17.9. The van der Waals surface area contributed by atoms with Crippen LogP contribution in [0, 0.1) is 0 Å². The molecule has 0 saturated heterocycles.